The molecule has 0 aromatic heterocycles. The Morgan fingerprint density at radius 3 is 2.35 bits per heavy atom. The van der Waals surface area contributed by atoms with Gasteiger partial charge in [0.05, 0.1) is 0 Å². The van der Waals surface area contributed by atoms with Crippen molar-refractivity contribution in [2.45, 2.75) is 6.92 Å². The number of amides is 1. The van der Waals surface area contributed by atoms with Gasteiger partial charge in [0.25, 0.3) is 0 Å². The van der Waals surface area contributed by atoms with E-state index in [-0.39, 0.29) is 0 Å². The number of hydrogen-bond acceptors (Lipinski definition) is 1. The number of primary amides is 1. The summed E-state index contributed by atoms with van der Waals surface area (Å²) in [6, 6.07) is 12.9. The van der Waals surface area contributed by atoms with E-state index in [0.29, 0.717) is 10.6 Å². The number of aryl methyl sites for hydroxylation is 1. The highest BCUT2D eigenvalue weighted by Crippen LogP contribution is 2.26. The van der Waals surface area contributed by atoms with Crippen molar-refractivity contribution >= 4 is 17.5 Å². The van der Waals surface area contributed by atoms with Crippen LogP contribution in [-0.4, -0.2) is 5.91 Å². The third-order valence-corrected chi connectivity index (χ3v) is 2.85. The average Bonchev–Trinajstić information content (AvgIpc) is 2.29. The first kappa shape index (κ1) is 11.7. The molecule has 2 nitrogen and oxygen atoms in total. The molecule has 3 heteroatoms. The smallest absolute Gasteiger partial charge is 0.249 e. The summed E-state index contributed by atoms with van der Waals surface area (Å²) in [7, 11) is 0. The largest absolute Gasteiger partial charge is 0.366 e. The van der Waals surface area contributed by atoms with Gasteiger partial charge in [-0.1, -0.05) is 41.4 Å². The minimum absolute atomic E-state index is 0.421. The van der Waals surface area contributed by atoms with Crippen molar-refractivity contribution in [3.63, 3.8) is 0 Å². The maximum atomic E-state index is 11.4. The summed E-state index contributed by atoms with van der Waals surface area (Å²) in [5.41, 5.74) is 8.75. The van der Waals surface area contributed by atoms with Gasteiger partial charge >= 0.3 is 0 Å². The zero-order valence-corrected chi connectivity index (χ0v) is 10.2. The van der Waals surface area contributed by atoms with Gasteiger partial charge < -0.3 is 5.73 Å². The fraction of sp³-hybridized carbons (Fsp3) is 0.0714. The van der Waals surface area contributed by atoms with E-state index in [4.69, 9.17) is 17.3 Å². The SMILES string of the molecule is Cc1ccc(C(N)=O)c(-c2ccc(Cl)cc2)c1. The van der Waals surface area contributed by atoms with Gasteiger partial charge in [-0.05, 0) is 36.2 Å². The quantitative estimate of drug-likeness (QED) is 0.866. The molecule has 0 saturated carbocycles. The van der Waals surface area contributed by atoms with Crippen molar-refractivity contribution in [2.75, 3.05) is 0 Å². The van der Waals surface area contributed by atoms with Gasteiger partial charge in [0.15, 0.2) is 0 Å². The Hall–Kier alpha value is -1.80. The first-order valence-corrected chi connectivity index (χ1v) is 5.62. The maximum absolute atomic E-state index is 11.4. The molecule has 2 aromatic carbocycles. The summed E-state index contributed by atoms with van der Waals surface area (Å²) in [4.78, 5) is 11.4. The van der Waals surface area contributed by atoms with Crippen LogP contribution in [0.5, 0.6) is 0 Å². The predicted octanol–water partition coefficient (Wildman–Crippen LogP) is 3.41. The zero-order valence-electron chi connectivity index (χ0n) is 9.41. The van der Waals surface area contributed by atoms with E-state index < -0.39 is 5.91 Å². The van der Waals surface area contributed by atoms with Crippen molar-refractivity contribution in [2.24, 2.45) is 5.73 Å². The Labute approximate surface area is 105 Å². The van der Waals surface area contributed by atoms with Gasteiger partial charge in [0, 0.05) is 10.6 Å². The second kappa shape index (κ2) is 4.60. The Morgan fingerprint density at radius 2 is 1.76 bits per heavy atom. The fourth-order valence-corrected chi connectivity index (χ4v) is 1.87. The Morgan fingerprint density at radius 1 is 1.12 bits per heavy atom. The molecular formula is C14H12ClNO. The number of rotatable bonds is 2. The molecule has 2 rings (SSSR count). The molecule has 0 atom stereocenters. The number of carbonyl (C=O) groups excluding carboxylic acids is 1. The summed E-state index contributed by atoms with van der Waals surface area (Å²) in [5, 5.41) is 0.669. The zero-order chi connectivity index (χ0) is 12.4. The van der Waals surface area contributed by atoms with Gasteiger partial charge in [-0.2, -0.15) is 0 Å². The molecule has 1 amide bonds. The lowest BCUT2D eigenvalue weighted by Gasteiger charge is -2.08. The second-order valence-electron chi connectivity index (χ2n) is 3.92. The molecule has 0 fully saturated rings. The van der Waals surface area contributed by atoms with E-state index >= 15 is 0 Å². The molecule has 0 radical (unpaired) electrons. The topological polar surface area (TPSA) is 43.1 Å². The molecule has 0 aliphatic heterocycles. The third kappa shape index (κ3) is 2.48. The van der Waals surface area contributed by atoms with Gasteiger partial charge in [-0.25, -0.2) is 0 Å². The average molecular weight is 246 g/mol. The van der Waals surface area contributed by atoms with Crippen LogP contribution in [0.1, 0.15) is 15.9 Å². The highest BCUT2D eigenvalue weighted by atomic mass is 35.5. The van der Waals surface area contributed by atoms with Crippen LogP contribution < -0.4 is 5.73 Å². The highest BCUT2D eigenvalue weighted by molar-refractivity contribution is 6.30. The van der Waals surface area contributed by atoms with Crippen molar-refractivity contribution in [1.29, 1.82) is 0 Å². The van der Waals surface area contributed by atoms with Gasteiger partial charge in [-0.15, -0.1) is 0 Å². The Kier molecular flexibility index (Phi) is 3.16. The van der Waals surface area contributed by atoms with E-state index in [1.165, 1.54) is 0 Å². The lowest BCUT2D eigenvalue weighted by molar-refractivity contribution is 0.100. The molecule has 2 N–H and O–H groups in total. The minimum Gasteiger partial charge on any atom is -0.366 e. The number of benzene rings is 2. The highest BCUT2D eigenvalue weighted by Gasteiger charge is 2.09. The van der Waals surface area contributed by atoms with E-state index in [0.717, 1.165) is 16.7 Å². The van der Waals surface area contributed by atoms with Crippen molar-refractivity contribution in [3.05, 3.63) is 58.6 Å². The molecule has 0 saturated heterocycles. The summed E-state index contributed by atoms with van der Waals surface area (Å²) in [6.07, 6.45) is 0. The van der Waals surface area contributed by atoms with Gasteiger partial charge in [0.2, 0.25) is 5.91 Å². The van der Waals surface area contributed by atoms with E-state index in [9.17, 15) is 4.79 Å². The molecule has 0 heterocycles. The van der Waals surface area contributed by atoms with Crippen molar-refractivity contribution in [1.82, 2.24) is 0 Å². The Balaban J connectivity index is 2.60. The molecule has 2 aromatic rings. The van der Waals surface area contributed by atoms with Crippen molar-refractivity contribution in [3.8, 4) is 11.1 Å². The molecule has 0 spiro atoms. The molecule has 0 unspecified atom stereocenters. The minimum atomic E-state index is -0.421. The summed E-state index contributed by atoms with van der Waals surface area (Å²) < 4.78 is 0. The van der Waals surface area contributed by atoms with Crippen LogP contribution in [0.2, 0.25) is 5.02 Å². The van der Waals surface area contributed by atoms with Gasteiger partial charge in [0.1, 0.15) is 0 Å². The fourth-order valence-electron chi connectivity index (χ4n) is 1.74. The summed E-state index contributed by atoms with van der Waals surface area (Å²) >= 11 is 5.84. The number of hydrogen-bond donors (Lipinski definition) is 1. The molecular weight excluding hydrogens is 234 g/mol. The number of nitrogens with two attached hydrogens (primary N) is 1. The second-order valence-corrected chi connectivity index (χ2v) is 4.36. The molecule has 0 bridgehead atoms. The Bertz CT molecular complexity index is 561. The van der Waals surface area contributed by atoms with E-state index in [1.807, 2.05) is 31.2 Å². The third-order valence-electron chi connectivity index (χ3n) is 2.60. The van der Waals surface area contributed by atoms with E-state index in [1.54, 1.807) is 18.2 Å². The molecule has 86 valence electrons. The van der Waals surface area contributed by atoms with Crippen LogP contribution in [0.4, 0.5) is 0 Å². The monoisotopic (exact) mass is 245 g/mol. The molecule has 17 heavy (non-hydrogen) atoms. The predicted molar refractivity (Wildman–Crippen MR) is 70.1 cm³/mol. The standard InChI is InChI=1S/C14H12ClNO/c1-9-2-7-12(14(16)17)13(8-9)10-3-5-11(15)6-4-10/h2-8H,1H3,(H2,16,17). The normalized spacial score (nSPS) is 10.2. The first-order valence-electron chi connectivity index (χ1n) is 5.24. The molecule has 0 aliphatic rings. The number of carbonyl (C=O) groups is 1. The lowest BCUT2D eigenvalue weighted by Crippen LogP contribution is -2.12. The van der Waals surface area contributed by atoms with Crippen LogP contribution in [0.15, 0.2) is 42.5 Å². The van der Waals surface area contributed by atoms with Crippen molar-refractivity contribution < 1.29 is 4.79 Å². The number of halogens is 1. The maximum Gasteiger partial charge on any atom is 0.249 e. The summed E-state index contributed by atoms with van der Waals surface area (Å²) in [6.45, 7) is 1.98. The van der Waals surface area contributed by atoms with Crippen LogP contribution in [0.3, 0.4) is 0 Å². The van der Waals surface area contributed by atoms with Crippen LogP contribution >= 0.6 is 11.6 Å². The van der Waals surface area contributed by atoms with Crippen LogP contribution in [-0.2, 0) is 0 Å². The lowest BCUT2D eigenvalue weighted by atomic mass is 9.97. The van der Waals surface area contributed by atoms with Crippen LogP contribution in [0.25, 0.3) is 11.1 Å². The summed E-state index contributed by atoms with van der Waals surface area (Å²) in [5.74, 6) is -0.421. The van der Waals surface area contributed by atoms with E-state index in [2.05, 4.69) is 0 Å². The van der Waals surface area contributed by atoms with Crippen LogP contribution in [0, 0.1) is 6.92 Å². The molecule has 0 aliphatic carbocycles. The van der Waals surface area contributed by atoms with Gasteiger partial charge in [-0.3, -0.25) is 4.79 Å². The first-order chi connectivity index (χ1) is 8.08.